The van der Waals surface area contributed by atoms with E-state index in [1.54, 1.807) is 18.2 Å². The molecule has 0 saturated carbocycles. The van der Waals surface area contributed by atoms with Gasteiger partial charge in [0, 0.05) is 6.07 Å². The van der Waals surface area contributed by atoms with Gasteiger partial charge in [0.15, 0.2) is 0 Å². The molecule has 0 aliphatic rings. The summed E-state index contributed by atoms with van der Waals surface area (Å²) >= 11 is 6.00. The van der Waals surface area contributed by atoms with Crippen molar-refractivity contribution < 1.29 is 26.9 Å². The second-order valence-electron chi connectivity index (χ2n) is 5.63. The van der Waals surface area contributed by atoms with Gasteiger partial charge >= 0.3 is 5.76 Å². The van der Waals surface area contributed by atoms with Crippen molar-refractivity contribution in [2.45, 2.75) is 17.6 Å². The molecule has 8 nitrogen and oxygen atoms in total. The molecule has 12 heteroatoms. The predicted octanol–water partition coefficient (Wildman–Crippen LogP) is 3.60. The smallest absolute Gasteiger partial charge is 0.341 e. The van der Waals surface area contributed by atoms with Crippen LogP contribution in [-0.2, 0) is 14.6 Å². The molecule has 2 aromatic carbocycles. The lowest BCUT2D eigenvalue weighted by molar-refractivity contribution is -0.384. The molecule has 0 fully saturated rings. The standard InChI is InChI=1S/C16H14ClF2N3O5S/c1-9-2-4-12(11(17)6-9)21-15(23)8-20-13-5-3-10(7-14(13)22(24)25)28(26,27)16(18)19/h2-7,16,20H,8H2,1H3,(H,21,23). The number of nitro benzene ring substituents is 1. The number of nitrogens with zero attached hydrogens (tertiary/aromatic N) is 1. The summed E-state index contributed by atoms with van der Waals surface area (Å²) < 4.78 is 48.2. The van der Waals surface area contributed by atoms with E-state index in [0.29, 0.717) is 16.8 Å². The normalized spacial score (nSPS) is 11.3. The Morgan fingerprint density at radius 1 is 1.21 bits per heavy atom. The third-order valence-corrected chi connectivity index (χ3v) is 5.26. The van der Waals surface area contributed by atoms with Crippen LogP contribution in [0.4, 0.5) is 25.8 Å². The van der Waals surface area contributed by atoms with Gasteiger partial charge in [-0.25, -0.2) is 8.42 Å². The van der Waals surface area contributed by atoms with Crippen LogP contribution in [0.3, 0.4) is 0 Å². The molecular weight excluding hydrogens is 420 g/mol. The number of nitrogens with one attached hydrogen (secondary N) is 2. The number of halogens is 3. The summed E-state index contributed by atoms with van der Waals surface area (Å²) in [6, 6.07) is 7.20. The molecule has 0 bridgehead atoms. The van der Waals surface area contributed by atoms with Gasteiger partial charge in [-0.15, -0.1) is 0 Å². The van der Waals surface area contributed by atoms with Crippen molar-refractivity contribution in [2.24, 2.45) is 0 Å². The third kappa shape index (κ3) is 4.93. The second-order valence-corrected chi connectivity index (χ2v) is 7.95. The minimum Gasteiger partial charge on any atom is -0.371 e. The van der Waals surface area contributed by atoms with Crippen molar-refractivity contribution in [3.8, 4) is 0 Å². The number of amides is 1. The van der Waals surface area contributed by atoms with Crippen molar-refractivity contribution in [3.05, 3.63) is 57.1 Å². The highest BCUT2D eigenvalue weighted by atomic mass is 35.5. The molecule has 0 atom stereocenters. The zero-order valence-electron chi connectivity index (χ0n) is 14.3. The Hall–Kier alpha value is -2.79. The summed E-state index contributed by atoms with van der Waals surface area (Å²) in [7, 11) is -4.99. The first-order chi connectivity index (χ1) is 13.0. The third-order valence-electron chi connectivity index (χ3n) is 3.57. The lowest BCUT2D eigenvalue weighted by Crippen LogP contribution is -2.22. The molecule has 0 unspecified atom stereocenters. The summed E-state index contributed by atoms with van der Waals surface area (Å²) in [5.41, 5.74) is 0.258. The predicted molar refractivity (Wildman–Crippen MR) is 99.6 cm³/mol. The SMILES string of the molecule is Cc1ccc(NC(=O)CNc2ccc(S(=O)(=O)C(F)F)cc2[N+](=O)[O-])c(Cl)c1. The van der Waals surface area contributed by atoms with Gasteiger partial charge < -0.3 is 10.6 Å². The van der Waals surface area contributed by atoms with E-state index in [0.717, 1.165) is 17.7 Å². The molecule has 2 N–H and O–H groups in total. The van der Waals surface area contributed by atoms with Crippen LogP contribution < -0.4 is 10.6 Å². The van der Waals surface area contributed by atoms with E-state index < -0.39 is 43.6 Å². The highest BCUT2D eigenvalue weighted by Crippen LogP contribution is 2.30. The number of alkyl halides is 2. The fraction of sp³-hybridized carbons (Fsp3) is 0.188. The van der Waals surface area contributed by atoms with Gasteiger partial charge in [0.2, 0.25) is 15.7 Å². The maximum absolute atomic E-state index is 12.6. The lowest BCUT2D eigenvalue weighted by atomic mass is 10.2. The van der Waals surface area contributed by atoms with Gasteiger partial charge in [0.05, 0.1) is 27.1 Å². The quantitative estimate of drug-likeness (QED) is 0.508. The summed E-state index contributed by atoms with van der Waals surface area (Å²) in [6.45, 7) is 1.40. The van der Waals surface area contributed by atoms with Crippen LogP contribution in [0.1, 0.15) is 5.56 Å². The van der Waals surface area contributed by atoms with E-state index in [2.05, 4.69) is 10.6 Å². The number of anilines is 2. The van der Waals surface area contributed by atoms with Crippen LogP contribution in [0.15, 0.2) is 41.3 Å². The minimum atomic E-state index is -4.99. The molecule has 1 amide bonds. The molecule has 2 aromatic rings. The van der Waals surface area contributed by atoms with E-state index >= 15 is 0 Å². The number of rotatable bonds is 7. The summed E-state index contributed by atoms with van der Waals surface area (Å²) in [5.74, 6) is -4.29. The summed E-state index contributed by atoms with van der Waals surface area (Å²) in [5, 5.41) is 16.4. The van der Waals surface area contributed by atoms with Crippen LogP contribution in [0, 0.1) is 17.0 Å². The Morgan fingerprint density at radius 3 is 2.43 bits per heavy atom. The van der Waals surface area contributed by atoms with Crippen LogP contribution >= 0.6 is 11.6 Å². The van der Waals surface area contributed by atoms with Crippen molar-refractivity contribution >= 4 is 44.4 Å². The number of sulfone groups is 1. The summed E-state index contributed by atoms with van der Waals surface area (Å²) in [4.78, 5) is 21.3. The van der Waals surface area contributed by atoms with Crippen LogP contribution in [-0.4, -0.2) is 31.6 Å². The highest BCUT2D eigenvalue weighted by molar-refractivity contribution is 7.91. The van der Waals surface area contributed by atoms with Gasteiger partial charge in [-0.05, 0) is 36.8 Å². The first-order valence-electron chi connectivity index (χ1n) is 7.62. The molecule has 0 aromatic heterocycles. The maximum Gasteiger partial charge on any atom is 0.341 e. The first-order valence-corrected chi connectivity index (χ1v) is 9.55. The van der Waals surface area contributed by atoms with Crippen molar-refractivity contribution in [1.82, 2.24) is 0 Å². The monoisotopic (exact) mass is 433 g/mol. The molecule has 0 heterocycles. The van der Waals surface area contributed by atoms with Gasteiger partial charge in [-0.3, -0.25) is 14.9 Å². The minimum absolute atomic E-state index is 0.205. The van der Waals surface area contributed by atoms with E-state index in [9.17, 15) is 32.1 Å². The largest absolute Gasteiger partial charge is 0.371 e. The van der Waals surface area contributed by atoms with Gasteiger partial charge in [-0.2, -0.15) is 8.78 Å². The Balaban J connectivity index is 2.17. The fourth-order valence-electron chi connectivity index (χ4n) is 2.18. The maximum atomic E-state index is 12.6. The molecule has 0 aliphatic heterocycles. The molecule has 0 saturated heterocycles. The van der Waals surface area contributed by atoms with E-state index in [-0.39, 0.29) is 5.69 Å². The number of hydrogen-bond acceptors (Lipinski definition) is 6. The number of aryl methyl sites for hydroxylation is 1. The van der Waals surface area contributed by atoms with Crippen molar-refractivity contribution in [2.75, 3.05) is 17.2 Å². The molecule has 0 radical (unpaired) electrons. The number of benzene rings is 2. The zero-order valence-corrected chi connectivity index (χ0v) is 15.9. The fourth-order valence-corrected chi connectivity index (χ4v) is 3.20. The van der Waals surface area contributed by atoms with Crippen LogP contribution in [0.5, 0.6) is 0 Å². The zero-order chi connectivity index (χ0) is 21.1. The van der Waals surface area contributed by atoms with E-state index in [1.165, 1.54) is 0 Å². The molecule has 0 spiro atoms. The van der Waals surface area contributed by atoms with Crippen molar-refractivity contribution in [1.29, 1.82) is 0 Å². The Bertz CT molecular complexity index is 1030. The van der Waals surface area contributed by atoms with Gasteiger partial charge in [0.1, 0.15) is 5.69 Å². The Morgan fingerprint density at radius 2 is 1.86 bits per heavy atom. The van der Waals surface area contributed by atoms with Crippen molar-refractivity contribution in [3.63, 3.8) is 0 Å². The lowest BCUT2D eigenvalue weighted by Gasteiger charge is -2.11. The number of nitro groups is 1. The molecule has 2 rings (SSSR count). The Kier molecular flexibility index (Phi) is 6.52. The average molecular weight is 434 g/mol. The van der Waals surface area contributed by atoms with Crippen LogP contribution in [0.2, 0.25) is 5.02 Å². The highest BCUT2D eigenvalue weighted by Gasteiger charge is 2.29. The molecule has 0 aliphatic carbocycles. The topological polar surface area (TPSA) is 118 Å². The molecule has 28 heavy (non-hydrogen) atoms. The van der Waals surface area contributed by atoms with E-state index in [4.69, 9.17) is 11.6 Å². The molecular formula is C16H14ClF2N3O5S. The number of hydrogen-bond donors (Lipinski definition) is 2. The van der Waals surface area contributed by atoms with Gasteiger partial charge in [-0.1, -0.05) is 17.7 Å². The number of carbonyl (C=O) groups excluding carboxylic acids is 1. The average Bonchev–Trinajstić information content (AvgIpc) is 2.61. The first kappa shape index (κ1) is 21.5. The second kappa shape index (κ2) is 8.48. The summed E-state index contributed by atoms with van der Waals surface area (Å²) in [6.07, 6.45) is 0. The Labute approximate surface area is 163 Å². The number of carbonyl (C=O) groups is 1. The van der Waals surface area contributed by atoms with Crippen LogP contribution in [0.25, 0.3) is 0 Å². The molecule has 150 valence electrons. The van der Waals surface area contributed by atoms with E-state index in [1.807, 2.05) is 6.92 Å². The van der Waals surface area contributed by atoms with Gasteiger partial charge in [0.25, 0.3) is 5.69 Å².